The SMILES string of the molecule is CC1(C)CCC(c2ccc(Cl)cc2)=C(CN2CCN(c3ccc(C(=O)NS(=O)(=O)c4ccc(NC(CCN5CCN(CCOc6cccc7c6CN(C6CCC(=O)NC6=O)C7=O)CC5)CSc5ccccc5)c(S(=O)(=O)C(F)(F)F)c4)cc3)CC2)C1. The number of nitrogens with zero attached hydrogens (tertiary/aromatic N) is 5. The molecule has 4 aliphatic heterocycles. The number of amides is 4. The van der Waals surface area contributed by atoms with Crippen LogP contribution in [-0.4, -0.2) is 162 Å². The second-order valence-corrected chi connectivity index (χ2v) is 28.4. The molecule has 10 rings (SSSR count). The number of sulfonamides is 1. The number of carbonyl (C=O) groups excluding carboxylic acids is 4. The molecular formula is C62H70ClF3N8O9S3. The highest BCUT2D eigenvalue weighted by molar-refractivity contribution is 7.99. The van der Waals surface area contributed by atoms with E-state index in [0.29, 0.717) is 99.1 Å². The number of sulfone groups is 1. The van der Waals surface area contributed by atoms with E-state index in [2.05, 4.69) is 56.2 Å². The van der Waals surface area contributed by atoms with Crippen LogP contribution in [0.15, 0.2) is 136 Å². The molecular weight excluding hydrogens is 1190 g/mol. The molecule has 0 aromatic heterocycles. The summed E-state index contributed by atoms with van der Waals surface area (Å²) in [6.45, 7) is 12.7. The molecule has 3 fully saturated rings. The molecule has 0 spiro atoms. The number of benzene rings is 5. The Balaban J connectivity index is 0.749. The Morgan fingerprint density at radius 3 is 2.19 bits per heavy atom. The lowest BCUT2D eigenvalue weighted by Crippen LogP contribution is -2.52. The molecule has 4 amide bonds. The number of hydrogen-bond donors (Lipinski definition) is 3. The van der Waals surface area contributed by atoms with Crippen LogP contribution >= 0.6 is 23.4 Å². The zero-order valence-electron chi connectivity index (χ0n) is 47.9. The molecule has 2 atom stereocenters. The fourth-order valence-corrected chi connectivity index (χ4v) is 15.0. The van der Waals surface area contributed by atoms with Crippen molar-refractivity contribution in [1.29, 1.82) is 0 Å². The maximum atomic E-state index is 14.5. The molecule has 5 aromatic rings. The number of hydrogen-bond acceptors (Lipinski definition) is 15. The Morgan fingerprint density at radius 2 is 1.50 bits per heavy atom. The Labute approximate surface area is 509 Å². The van der Waals surface area contributed by atoms with Gasteiger partial charge < -0.3 is 24.8 Å². The van der Waals surface area contributed by atoms with Gasteiger partial charge in [-0.15, -0.1) is 11.8 Å². The minimum Gasteiger partial charge on any atom is -0.492 e. The number of piperazine rings is 2. The molecule has 5 aliphatic rings. The van der Waals surface area contributed by atoms with Gasteiger partial charge in [0.05, 0.1) is 17.1 Å². The van der Waals surface area contributed by atoms with Gasteiger partial charge in [0.25, 0.3) is 31.7 Å². The summed E-state index contributed by atoms with van der Waals surface area (Å²) in [5.41, 5.74) is -0.0804. The first-order chi connectivity index (χ1) is 41.0. The summed E-state index contributed by atoms with van der Waals surface area (Å²) in [6, 6.07) is 30.0. The third kappa shape index (κ3) is 14.9. The van der Waals surface area contributed by atoms with Crippen molar-refractivity contribution in [2.24, 2.45) is 5.41 Å². The number of fused-ring (bicyclic) bond motifs is 1. The number of halogens is 4. The molecule has 17 nitrogen and oxygen atoms in total. The number of allylic oxidation sites excluding steroid dienone is 1. The predicted molar refractivity (Wildman–Crippen MR) is 325 cm³/mol. The number of carbonyl (C=O) groups is 4. The second-order valence-electron chi connectivity index (χ2n) is 23.2. The van der Waals surface area contributed by atoms with E-state index in [-0.39, 0.29) is 42.2 Å². The van der Waals surface area contributed by atoms with E-state index in [0.717, 1.165) is 61.6 Å². The summed E-state index contributed by atoms with van der Waals surface area (Å²) in [6.07, 6.45) is 3.88. The molecule has 458 valence electrons. The van der Waals surface area contributed by atoms with Gasteiger partial charge in [0.2, 0.25) is 11.8 Å². The quantitative estimate of drug-likeness (QED) is 0.0465. The summed E-state index contributed by atoms with van der Waals surface area (Å²) in [5, 5.41) is 6.06. The lowest BCUT2D eigenvalue weighted by atomic mass is 9.73. The van der Waals surface area contributed by atoms with Gasteiger partial charge in [0.1, 0.15) is 23.3 Å². The molecule has 86 heavy (non-hydrogen) atoms. The highest BCUT2D eigenvalue weighted by atomic mass is 35.5. The maximum absolute atomic E-state index is 14.5. The number of nitrogens with one attached hydrogen (secondary N) is 3. The summed E-state index contributed by atoms with van der Waals surface area (Å²) >= 11 is 7.64. The Hall–Kier alpha value is -6.47. The van der Waals surface area contributed by atoms with Gasteiger partial charge >= 0.3 is 5.51 Å². The normalized spacial score (nSPS) is 19.5. The first-order valence-corrected chi connectivity index (χ1v) is 33.2. The van der Waals surface area contributed by atoms with Crippen molar-refractivity contribution in [2.75, 3.05) is 94.6 Å². The van der Waals surface area contributed by atoms with Crippen molar-refractivity contribution in [3.8, 4) is 5.75 Å². The molecule has 0 radical (unpaired) electrons. The van der Waals surface area contributed by atoms with Crippen LogP contribution in [-0.2, 0) is 36.0 Å². The molecule has 1 aliphatic carbocycles. The number of piperidine rings is 1. The van der Waals surface area contributed by atoms with Crippen molar-refractivity contribution < 1.29 is 53.9 Å². The first kappa shape index (κ1) is 62.6. The fourth-order valence-electron chi connectivity index (χ4n) is 11.9. The van der Waals surface area contributed by atoms with Crippen molar-refractivity contribution >= 4 is 83.8 Å². The number of anilines is 2. The minimum absolute atomic E-state index is 0.0264. The van der Waals surface area contributed by atoms with Crippen LogP contribution in [0.4, 0.5) is 24.5 Å². The number of imide groups is 1. The zero-order valence-corrected chi connectivity index (χ0v) is 51.1. The van der Waals surface area contributed by atoms with Gasteiger partial charge in [-0.25, -0.2) is 21.6 Å². The van der Waals surface area contributed by atoms with Crippen LogP contribution < -0.4 is 25.0 Å². The van der Waals surface area contributed by atoms with Crippen LogP contribution in [0, 0.1) is 5.41 Å². The van der Waals surface area contributed by atoms with Gasteiger partial charge in [-0.2, -0.15) is 13.2 Å². The van der Waals surface area contributed by atoms with Gasteiger partial charge in [0.15, 0.2) is 0 Å². The number of rotatable bonds is 21. The fraction of sp³-hybridized carbons (Fsp3) is 0.419. The monoisotopic (exact) mass is 1260 g/mol. The maximum Gasteiger partial charge on any atom is 0.501 e. The largest absolute Gasteiger partial charge is 0.501 e. The average Bonchev–Trinajstić information content (AvgIpc) is 1.52. The van der Waals surface area contributed by atoms with E-state index in [1.54, 1.807) is 30.3 Å². The highest BCUT2D eigenvalue weighted by Gasteiger charge is 2.49. The molecule has 0 bridgehead atoms. The molecule has 2 unspecified atom stereocenters. The standard InChI is InChI=1S/C62H70ClF3N8O9S3/c1-61(2)25-23-50(42-11-15-45(63)16-12-42)44(38-61)39-72-31-33-73(34-32-72)47-17-13-43(14-18-47)58(76)69-86(81,82)49-19-20-53(56(37-49)85(79,80)62(64,65)66)67-46(41-84-48-7-4-3-5-8-48)24-26-70-27-29-71(30-28-70)35-36-83-55-10-6-9-51-52(55)40-74(60(51)78)54-21-22-57(75)68-59(54)77/h3-20,37,46,54,67H,21-36,38-41H2,1-2H3,(H,69,76)(H,68,75,77). The first-order valence-electron chi connectivity index (χ1n) is 28.9. The summed E-state index contributed by atoms with van der Waals surface area (Å²) in [4.78, 5) is 60.5. The van der Waals surface area contributed by atoms with Crippen molar-refractivity contribution in [3.63, 3.8) is 0 Å². The second kappa shape index (κ2) is 26.5. The third-order valence-electron chi connectivity index (χ3n) is 16.7. The lowest BCUT2D eigenvalue weighted by Gasteiger charge is -2.39. The van der Waals surface area contributed by atoms with E-state index in [4.69, 9.17) is 16.3 Å². The molecule has 4 heterocycles. The van der Waals surface area contributed by atoms with Crippen molar-refractivity contribution in [2.45, 2.75) is 91.2 Å². The number of ether oxygens (including phenoxy) is 1. The van der Waals surface area contributed by atoms with Gasteiger partial charge in [-0.05, 0) is 128 Å². The Morgan fingerprint density at radius 1 is 0.814 bits per heavy atom. The lowest BCUT2D eigenvalue weighted by molar-refractivity contribution is -0.136. The van der Waals surface area contributed by atoms with Crippen LogP contribution in [0.1, 0.15) is 84.2 Å². The van der Waals surface area contributed by atoms with E-state index in [1.807, 2.05) is 47.2 Å². The minimum atomic E-state index is -6.14. The number of alkyl halides is 3. The van der Waals surface area contributed by atoms with Gasteiger partial charge in [-0.3, -0.25) is 34.3 Å². The van der Waals surface area contributed by atoms with Gasteiger partial charge in [-0.1, -0.05) is 67.4 Å². The van der Waals surface area contributed by atoms with Crippen LogP contribution in [0.5, 0.6) is 5.75 Å². The third-order valence-corrected chi connectivity index (χ3v) is 21.0. The topological polar surface area (TPSA) is 198 Å². The molecule has 3 N–H and O–H groups in total. The Bertz CT molecular complexity index is 3580. The van der Waals surface area contributed by atoms with E-state index < -0.39 is 64.7 Å². The van der Waals surface area contributed by atoms with Crippen LogP contribution in [0.3, 0.4) is 0 Å². The highest BCUT2D eigenvalue weighted by Crippen LogP contribution is 2.43. The zero-order chi connectivity index (χ0) is 61.0. The van der Waals surface area contributed by atoms with Crippen molar-refractivity contribution in [3.05, 3.63) is 148 Å². The van der Waals surface area contributed by atoms with Crippen LogP contribution in [0.25, 0.3) is 5.57 Å². The van der Waals surface area contributed by atoms with Gasteiger partial charge in [0, 0.05) is 123 Å². The smallest absolute Gasteiger partial charge is 0.492 e. The summed E-state index contributed by atoms with van der Waals surface area (Å²) in [5.74, 6) is -1.34. The average molecular weight is 1260 g/mol. The van der Waals surface area contributed by atoms with E-state index in [1.165, 1.54) is 45.5 Å². The predicted octanol–water partition coefficient (Wildman–Crippen LogP) is 8.96. The molecule has 0 saturated carbocycles. The van der Waals surface area contributed by atoms with E-state index >= 15 is 0 Å². The van der Waals surface area contributed by atoms with Crippen molar-refractivity contribution in [1.82, 2.24) is 29.6 Å². The molecule has 24 heteroatoms. The summed E-state index contributed by atoms with van der Waals surface area (Å²) < 4.78 is 106. The van der Waals surface area contributed by atoms with E-state index in [9.17, 15) is 49.2 Å². The summed E-state index contributed by atoms with van der Waals surface area (Å²) in [7, 11) is -11.1. The molecule has 3 saturated heterocycles. The molecule has 5 aromatic carbocycles. The van der Waals surface area contributed by atoms with Crippen LogP contribution in [0.2, 0.25) is 5.02 Å². The Kier molecular flexibility index (Phi) is 19.3. The number of thioether (sulfide) groups is 1.